The predicted molar refractivity (Wildman–Crippen MR) is 98.1 cm³/mol. The van der Waals surface area contributed by atoms with E-state index >= 15 is 0 Å². The van der Waals surface area contributed by atoms with Crippen molar-refractivity contribution in [3.05, 3.63) is 70.8 Å². The summed E-state index contributed by atoms with van der Waals surface area (Å²) in [6, 6.07) is 12.9. The number of hydroxylamine groups is 2. The second-order valence-electron chi connectivity index (χ2n) is 6.80. The zero-order valence-electron chi connectivity index (χ0n) is 15.1. The Morgan fingerprint density at radius 3 is 2.14 bits per heavy atom. The van der Waals surface area contributed by atoms with Crippen LogP contribution >= 0.6 is 0 Å². The van der Waals surface area contributed by atoms with Gasteiger partial charge in [-0.15, -0.1) is 0 Å². The van der Waals surface area contributed by atoms with Crippen LogP contribution in [-0.2, 0) is 16.2 Å². The third-order valence-electron chi connectivity index (χ3n) is 4.92. The summed E-state index contributed by atoms with van der Waals surface area (Å²) < 4.78 is 0. The van der Waals surface area contributed by atoms with Crippen molar-refractivity contribution in [3.63, 3.8) is 0 Å². The molecule has 1 fully saturated rings. The summed E-state index contributed by atoms with van der Waals surface area (Å²) in [5.41, 5.74) is 1.53. The summed E-state index contributed by atoms with van der Waals surface area (Å²) in [5, 5.41) is 0.493. The van der Waals surface area contributed by atoms with Gasteiger partial charge >= 0.3 is 5.97 Å². The summed E-state index contributed by atoms with van der Waals surface area (Å²) >= 11 is 0. The number of hydrogen-bond donors (Lipinski definition) is 0. The Labute approximate surface area is 161 Å². The van der Waals surface area contributed by atoms with Gasteiger partial charge in [0.05, 0.1) is 16.7 Å². The van der Waals surface area contributed by atoms with Crippen molar-refractivity contribution in [3.8, 4) is 0 Å². The molecule has 4 rings (SSSR count). The highest BCUT2D eigenvalue weighted by atomic mass is 16.7. The van der Waals surface area contributed by atoms with E-state index in [0.29, 0.717) is 18.0 Å². The van der Waals surface area contributed by atoms with Crippen LogP contribution in [0.1, 0.15) is 55.9 Å². The normalized spacial score (nSPS) is 16.4. The van der Waals surface area contributed by atoms with Gasteiger partial charge in [0.25, 0.3) is 11.8 Å². The zero-order valence-corrected chi connectivity index (χ0v) is 15.1. The number of likely N-dealkylation sites (tertiary alicyclic amines) is 1. The highest BCUT2D eigenvalue weighted by molar-refractivity contribution is 6.21. The van der Waals surface area contributed by atoms with Gasteiger partial charge in [0.2, 0.25) is 5.91 Å². The van der Waals surface area contributed by atoms with Gasteiger partial charge in [-0.3, -0.25) is 14.4 Å². The Balaban J connectivity index is 1.42. The molecule has 0 aromatic heterocycles. The standard InChI is InChI=1S/C21H18N2O5/c24-18-7-3-4-12-22(18)13-14-8-10-15(11-9-14)21(27)28-23-19(25)16-5-1-2-6-17(16)20(23)26/h1-2,5-6,8-11H,3-4,7,12-13H2. The third-order valence-corrected chi connectivity index (χ3v) is 4.92. The largest absolute Gasteiger partial charge is 0.363 e. The molecule has 7 heteroatoms. The number of piperidine rings is 1. The number of imide groups is 1. The summed E-state index contributed by atoms with van der Waals surface area (Å²) in [7, 11) is 0. The number of fused-ring (bicyclic) bond motifs is 1. The molecule has 3 amide bonds. The van der Waals surface area contributed by atoms with E-state index in [2.05, 4.69) is 0 Å². The first-order valence-corrected chi connectivity index (χ1v) is 9.11. The number of hydrogen-bond acceptors (Lipinski definition) is 5. The molecule has 0 saturated carbocycles. The van der Waals surface area contributed by atoms with Gasteiger partial charge in [0, 0.05) is 19.5 Å². The SMILES string of the molecule is O=C(ON1C(=O)c2ccccc2C1=O)c1ccc(CN2CCCCC2=O)cc1. The first-order chi connectivity index (χ1) is 13.5. The maximum absolute atomic E-state index is 12.4. The van der Waals surface area contributed by atoms with Gasteiger partial charge in [-0.05, 0) is 42.7 Å². The first kappa shape index (κ1) is 17.9. The Morgan fingerprint density at radius 1 is 0.893 bits per heavy atom. The molecule has 1 saturated heterocycles. The van der Waals surface area contributed by atoms with Crippen LogP contribution < -0.4 is 0 Å². The Kier molecular flexibility index (Phi) is 4.65. The summed E-state index contributed by atoms with van der Waals surface area (Å²) in [6.45, 7) is 1.23. The van der Waals surface area contributed by atoms with Crippen LogP contribution in [0.5, 0.6) is 0 Å². The van der Waals surface area contributed by atoms with E-state index < -0.39 is 17.8 Å². The Bertz CT molecular complexity index is 932. The lowest BCUT2D eigenvalue weighted by atomic mass is 10.1. The molecule has 142 valence electrons. The van der Waals surface area contributed by atoms with Crippen molar-refractivity contribution >= 4 is 23.7 Å². The summed E-state index contributed by atoms with van der Waals surface area (Å²) in [4.78, 5) is 55.7. The molecule has 0 N–H and O–H groups in total. The fourth-order valence-electron chi connectivity index (χ4n) is 3.38. The molecule has 0 bridgehead atoms. The van der Waals surface area contributed by atoms with Crippen LogP contribution in [-0.4, -0.2) is 40.2 Å². The molecule has 0 spiro atoms. The lowest BCUT2D eigenvalue weighted by molar-refractivity contribution is -0.133. The lowest BCUT2D eigenvalue weighted by Crippen LogP contribution is -2.34. The predicted octanol–water partition coefficient (Wildman–Crippen LogP) is 2.57. The van der Waals surface area contributed by atoms with Crippen molar-refractivity contribution < 1.29 is 24.0 Å². The molecule has 2 aliphatic rings. The highest BCUT2D eigenvalue weighted by Crippen LogP contribution is 2.23. The van der Waals surface area contributed by atoms with Crippen molar-refractivity contribution in [2.24, 2.45) is 0 Å². The van der Waals surface area contributed by atoms with Crippen molar-refractivity contribution in [2.45, 2.75) is 25.8 Å². The average molecular weight is 378 g/mol. The maximum atomic E-state index is 12.4. The van der Waals surface area contributed by atoms with Gasteiger partial charge < -0.3 is 9.74 Å². The monoisotopic (exact) mass is 378 g/mol. The second-order valence-corrected chi connectivity index (χ2v) is 6.80. The minimum Gasteiger partial charge on any atom is -0.338 e. The molecule has 0 unspecified atom stereocenters. The fourth-order valence-corrected chi connectivity index (χ4v) is 3.38. The Hall–Kier alpha value is -3.48. The molecular formula is C21H18N2O5. The number of nitrogens with zero attached hydrogens (tertiary/aromatic N) is 2. The average Bonchev–Trinajstić information content (AvgIpc) is 2.95. The smallest absolute Gasteiger partial charge is 0.338 e. The molecule has 28 heavy (non-hydrogen) atoms. The van der Waals surface area contributed by atoms with E-state index in [1.165, 1.54) is 12.1 Å². The molecule has 2 aromatic rings. The van der Waals surface area contributed by atoms with Crippen LogP contribution in [0.15, 0.2) is 48.5 Å². The van der Waals surface area contributed by atoms with Gasteiger partial charge in [0.15, 0.2) is 0 Å². The summed E-state index contributed by atoms with van der Waals surface area (Å²) in [5.74, 6) is -1.97. The molecule has 7 nitrogen and oxygen atoms in total. The van der Waals surface area contributed by atoms with Gasteiger partial charge in [-0.2, -0.15) is 0 Å². The molecule has 2 aromatic carbocycles. The van der Waals surface area contributed by atoms with E-state index in [1.807, 2.05) is 0 Å². The zero-order chi connectivity index (χ0) is 19.7. The second kappa shape index (κ2) is 7.26. The topological polar surface area (TPSA) is 84.0 Å². The molecule has 2 heterocycles. The highest BCUT2D eigenvalue weighted by Gasteiger charge is 2.38. The molecular weight excluding hydrogens is 360 g/mol. The lowest BCUT2D eigenvalue weighted by Gasteiger charge is -2.26. The number of carbonyl (C=O) groups excluding carboxylic acids is 4. The number of carbonyl (C=O) groups is 4. The number of rotatable bonds is 4. The molecule has 0 atom stereocenters. The Morgan fingerprint density at radius 2 is 1.54 bits per heavy atom. The quantitative estimate of drug-likeness (QED) is 0.764. The van der Waals surface area contributed by atoms with E-state index in [-0.39, 0.29) is 22.6 Å². The van der Waals surface area contributed by atoms with E-state index in [4.69, 9.17) is 4.84 Å². The fraction of sp³-hybridized carbons (Fsp3) is 0.238. The third kappa shape index (κ3) is 3.26. The minimum absolute atomic E-state index is 0.139. The van der Waals surface area contributed by atoms with E-state index in [9.17, 15) is 19.2 Å². The van der Waals surface area contributed by atoms with Crippen molar-refractivity contribution in [1.29, 1.82) is 0 Å². The van der Waals surface area contributed by atoms with E-state index in [1.54, 1.807) is 41.3 Å². The molecule has 0 radical (unpaired) electrons. The number of amides is 3. The number of benzene rings is 2. The van der Waals surface area contributed by atoms with Gasteiger partial charge in [-0.1, -0.05) is 29.3 Å². The molecule has 0 aliphatic carbocycles. The van der Waals surface area contributed by atoms with Crippen LogP contribution in [0.2, 0.25) is 0 Å². The van der Waals surface area contributed by atoms with Crippen molar-refractivity contribution in [1.82, 2.24) is 9.96 Å². The maximum Gasteiger partial charge on any atom is 0.363 e. The van der Waals surface area contributed by atoms with E-state index in [0.717, 1.165) is 24.9 Å². The first-order valence-electron chi connectivity index (χ1n) is 9.11. The van der Waals surface area contributed by atoms with Crippen LogP contribution in [0, 0.1) is 0 Å². The minimum atomic E-state index is -0.796. The van der Waals surface area contributed by atoms with Crippen LogP contribution in [0.25, 0.3) is 0 Å². The van der Waals surface area contributed by atoms with Crippen molar-refractivity contribution in [2.75, 3.05) is 6.54 Å². The van der Waals surface area contributed by atoms with Gasteiger partial charge in [0.1, 0.15) is 0 Å². The van der Waals surface area contributed by atoms with Crippen LogP contribution in [0.3, 0.4) is 0 Å². The van der Waals surface area contributed by atoms with Crippen LogP contribution in [0.4, 0.5) is 0 Å². The van der Waals surface area contributed by atoms with Gasteiger partial charge in [-0.25, -0.2) is 4.79 Å². The molecule has 2 aliphatic heterocycles. The summed E-state index contributed by atoms with van der Waals surface area (Å²) in [6.07, 6.45) is 2.50.